The van der Waals surface area contributed by atoms with Crippen molar-refractivity contribution >= 4 is 28.2 Å². The number of rotatable bonds is 4. The lowest BCUT2D eigenvalue weighted by molar-refractivity contribution is -0.117. The second-order valence-corrected chi connectivity index (χ2v) is 6.74. The molecule has 0 aliphatic carbocycles. The maximum Gasteiger partial charge on any atom is 0.251 e. The van der Waals surface area contributed by atoms with Crippen molar-refractivity contribution in [2.24, 2.45) is 17.6 Å². The van der Waals surface area contributed by atoms with E-state index in [4.69, 9.17) is 5.73 Å². The molecule has 0 saturated carbocycles. The summed E-state index contributed by atoms with van der Waals surface area (Å²) in [6.07, 6.45) is 0. The van der Waals surface area contributed by atoms with Crippen LogP contribution in [0.4, 0.5) is 5.00 Å². The minimum atomic E-state index is -0.512. The van der Waals surface area contributed by atoms with E-state index in [0.29, 0.717) is 35.0 Å². The van der Waals surface area contributed by atoms with E-state index < -0.39 is 5.91 Å². The zero-order valence-corrected chi connectivity index (χ0v) is 12.8. The first-order chi connectivity index (χ1) is 10.1. The molecule has 114 valence electrons. The number of amides is 2. The minimum Gasteiger partial charge on any atom is -0.366 e. The van der Waals surface area contributed by atoms with Crippen LogP contribution in [0.5, 0.6) is 0 Å². The normalized spacial score (nSPS) is 28.5. The quantitative estimate of drug-likeness (QED) is 0.748. The van der Waals surface area contributed by atoms with E-state index in [1.807, 2.05) is 0 Å². The Hall–Kier alpha value is -1.44. The molecule has 2 amide bonds. The van der Waals surface area contributed by atoms with Crippen molar-refractivity contribution in [3.05, 3.63) is 17.0 Å². The summed E-state index contributed by atoms with van der Waals surface area (Å²) in [5.41, 5.74) is 5.66. The molecular weight excluding hydrogens is 288 g/mol. The van der Waals surface area contributed by atoms with Gasteiger partial charge in [-0.2, -0.15) is 0 Å². The van der Waals surface area contributed by atoms with Gasteiger partial charge in [-0.3, -0.25) is 14.5 Å². The lowest BCUT2D eigenvalue weighted by Gasteiger charge is -2.23. The first-order valence-electron chi connectivity index (χ1n) is 7.18. The van der Waals surface area contributed by atoms with Crippen LogP contribution in [0.1, 0.15) is 17.3 Å². The fraction of sp³-hybridized carbons (Fsp3) is 0.571. The van der Waals surface area contributed by atoms with E-state index in [2.05, 4.69) is 22.5 Å². The molecule has 0 aromatic carbocycles. The molecule has 4 N–H and O–H groups in total. The van der Waals surface area contributed by atoms with Gasteiger partial charge in [0.15, 0.2) is 0 Å². The van der Waals surface area contributed by atoms with Gasteiger partial charge in [0, 0.05) is 12.6 Å². The van der Waals surface area contributed by atoms with Crippen LogP contribution < -0.4 is 16.4 Å². The summed E-state index contributed by atoms with van der Waals surface area (Å²) in [6, 6.07) is 2.05. The molecular formula is C14H20N4O2S. The monoisotopic (exact) mass is 308 g/mol. The van der Waals surface area contributed by atoms with Crippen molar-refractivity contribution in [2.75, 3.05) is 31.5 Å². The van der Waals surface area contributed by atoms with Crippen LogP contribution in [-0.2, 0) is 4.79 Å². The number of nitrogens with zero attached hydrogens (tertiary/aromatic N) is 1. The van der Waals surface area contributed by atoms with Crippen LogP contribution in [0.25, 0.3) is 0 Å². The fourth-order valence-electron chi connectivity index (χ4n) is 3.42. The molecule has 3 atom stereocenters. The molecule has 0 spiro atoms. The molecule has 7 heteroatoms. The Labute approximate surface area is 127 Å². The van der Waals surface area contributed by atoms with E-state index >= 15 is 0 Å². The van der Waals surface area contributed by atoms with Crippen LogP contribution in [0.15, 0.2) is 11.4 Å². The van der Waals surface area contributed by atoms with Crippen LogP contribution in [0.2, 0.25) is 0 Å². The summed E-state index contributed by atoms with van der Waals surface area (Å²) in [5, 5.41) is 8.51. The molecule has 3 unspecified atom stereocenters. The van der Waals surface area contributed by atoms with Gasteiger partial charge in [0.2, 0.25) is 5.91 Å². The first-order valence-corrected chi connectivity index (χ1v) is 8.06. The number of nitrogens with one attached hydrogen (secondary N) is 2. The number of fused-ring (bicyclic) bond motifs is 1. The molecule has 6 nitrogen and oxygen atoms in total. The van der Waals surface area contributed by atoms with Crippen molar-refractivity contribution in [1.82, 2.24) is 10.2 Å². The number of likely N-dealkylation sites (tertiary alicyclic amines) is 1. The summed E-state index contributed by atoms with van der Waals surface area (Å²) < 4.78 is 0. The molecule has 0 bridgehead atoms. The summed E-state index contributed by atoms with van der Waals surface area (Å²) >= 11 is 1.32. The number of anilines is 1. The van der Waals surface area contributed by atoms with Gasteiger partial charge in [0.05, 0.1) is 12.1 Å². The van der Waals surface area contributed by atoms with E-state index in [9.17, 15) is 9.59 Å². The van der Waals surface area contributed by atoms with E-state index in [-0.39, 0.29) is 5.91 Å². The SMILES string of the molecule is CC1C2CNCC2CN1CC(=O)Nc1sccc1C(N)=O. The summed E-state index contributed by atoms with van der Waals surface area (Å²) in [6.45, 7) is 5.60. The zero-order valence-electron chi connectivity index (χ0n) is 12.0. The molecule has 3 rings (SSSR count). The Kier molecular flexibility index (Phi) is 3.97. The Bertz CT molecular complexity index is 559. The predicted octanol–water partition coefficient (Wildman–Crippen LogP) is 0.325. The Balaban J connectivity index is 1.60. The van der Waals surface area contributed by atoms with Crippen LogP contribution in [0, 0.1) is 11.8 Å². The Morgan fingerprint density at radius 2 is 2.33 bits per heavy atom. The third kappa shape index (κ3) is 2.81. The number of hydrogen-bond acceptors (Lipinski definition) is 5. The molecule has 2 fully saturated rings. The van der Waals surface area contributed by atoms with Gasteiger partial charge in [-0.15, -0.1) is 11.3 Å². The van der Waals surface area contributed by atoms with Crippen molar-refractivity contribution < 1.29 is 9.59 Å². The maximum absolute atomic E-state index is 12.2. The fourth-order valence-corrected chi connectivity index (χ4v) is 4.22. The third-order valence-corrected chi connectivity index (χ3v) is 5.42. The number of primary amides is 1. The summed E-state index contributed by atoms with van der Waals surface area (Å²) in [4.78, 5) is 25.7. The van der Waals surface area contributed by atoms with Gasteiger partial charge >= 0.3 is 0 Å². The summed E-state index contributed by atoms with van der Waals surface area (Å²) in [5.74, 6) is 0.692. The van der Waals surface area contributed by atoms with Gasteiger partial charge in [0.25, 0.3) is 5.91 Å². The molecule has 2 aliphatic rings. The summed E-state index contributed by atoms with van der Waals surface area (Å²) in [7, 11) is 0. The van der Waals surface area contributed by atoms with Crippen LogP contribution in [0.3, 0.4) is 0 Å². The van der Waals surface area contributed by atoms with Crippen molar-refractivity contribution in [3.8, 4) is 0 Å². The van der Waals surface area contributed by atoms with Crippen LogP contribution in [-0.4, -0.2) is 48.9 Å². The van der Waals surface area contributed by atoms with Gasteiger partial charge in [-0.25, -0.2) is 0 Å². The largest absolute Gasteiger partial charge is 0.366 e. The second-order valence-electron chi connectivity index (χ2n) is 5.83. The lowest BCUT2D eigenvalue weighted by Crippen LogP contribution is -2.39. The van der Waals surface area contributed by atoms with E-state index in [1.54, 1.807) is 11.4 Å². The topological polar surface area (TPSA) is 87.5 Å². The predicted molar refractivity (Wildman–Crippen MR) is 82.4 cm³/mol. The molecule has 21 heavy (non-hydrogen) atoms. The molecule has 2 saturated heterocycles. The average Bonchev–Trinajstić information content (AvgIpc) is 3.10. The third-order valence-electron chi connectivity index (χ3n) is 4.59. The molecule has 3 heterocycles. The van der Waals surface area contributed by atoms with Crippen molar-refractivity contribution in [2.45, 2.75) is 13.0 Å². The number of carbonyl (C=O) groups is 2. The lowest BCUT2D eigenvalue weighted by atomic mass is 9.95. The second kappa shape index (κ2) is 5.75. The van der Waals surface area contributed by atoms with Gasteiger partial charge in [-0.05, 0) is 43.3 Å². The Morgan fingerprint density at radius 1 is 1.52 bits per heavy atom. The number of carbonyl (C=O) groups excluding carboxylic acids is 2. The number of nitrogens with two attached hydrogens (primary N) is 1. The first kappa shape index (κ1) is 14.5. The number of thiophene rings is 1. The molecule has 1 aromatic rings. The van der Waals surface area contributed by atoms with E-state index in [0.717, 1.165) is 19.6 Å². The Morgan fingerprint density at radius 3 is 3.05 bits per heavy atom. The standard InChI is InChI=1S/C14H20N4O2S/c1-8-11-5-16-4-9(11)6-18(8)7-12(19)17-14-10(13(15)20)2-3-21-14/h2-3,8-9,11,16H,4-7H2,1H3,(H2,15,20)(H,17,19). The van der Waals surface area contributed by atoms with Gasteiger partial charge in [0.1, 0.15) is 5.00 Å². The molecule has 2 aliphatic heterocycles. The molecule has 1 aromatic heterocycles. The van der Waals surface area contributed by atoms with Crippen LogP contribution >= 0.6 is 11.3 Å². The van der Waals surface area contributed by atoms with Crippen molar-refractivity contribution in [1.29, 1.82) is 0 Å². The zero-order chi connectivity index (χ0) is 15.0. The molecule has 0 radical (unpaired) electrons. The highest BCUT2D eigenvalue weighted by Crippen LogP contribution is 2.32. The van der Waals surface area contributed by atoms with Gasteiger partial charge in [-0.1, -0.05) is 0 Å². The van der Waals surface area contributed by atoms with Gasteiger partial charge < -0.3 is 16.4 Å². The smallest absolute Gasteiger partial charge is 0.251 e. The highest BCUT2D eigenvalue weighted by Gasteiger charge is 2.42. The maximum atomic E-state index is 12.2. The van der Waals surface area contributed by atoms with Crippen molar-refractivity contribution in [3.63, 3.8) is 0 Å². The van der Waals surface area contributed by atoms with E-state index in [1.165, 1.54) is 11.3 Å². The number of hydrogen-bond donors (Lipinski definition) is 3. The highest BCUT2D eigenvalue weighted by atomic mass is 32.1. The minimum absolute atomic E-state index is 0.0836. The average molecular weight is 308 g/mol. The highest BCUT2D eigenvalue weighted by molar-refractivity contribution is 7.14.